The molecule has 5 heteroatoms. The number of rotatable bonds is 4. The maximum absolute atomic E-state index is 12.6. The molecule has 1 aromatic heterocycles. The van der Waals surface area contributed by atoms with Crippen molar-refractivity contribution in [2.45, 2.75) is 33.1 Å². The molecule has 1 aliphatic heterocycles. The molecule has 2 aromatic rings. The minimum absolute atomic E-state index is 0. The third-order valence-corrected chi connectivity index (χ3v) is 5.29. The van der Waals surface area contributed by atoms with Gasteiger partial charge in [-0.1, -0.05) is 18.2 Å². The Morgan fingerprint density at radius 2 is 2.04 bits per heavy atom. The molecule has 0 saturated carbocycles. The van der Waals surface area contributed by atoms with Gasteiger partial charge in [0.2, 0.25) is 0 Å². The van der Waals surface area contributed by atoms with Crippen molar-refractivity contribution in [3.8, 4) is 0 Å². The summed E-state index contributed by atoms with van der Waals surface area (Å²) in [6.45, 7) is 5.46. The molecule has 24 heavy (non-hydrogen) atoms. The molecule has 0 N–H and O–H groups in total. The first-order valence-electron chi connectivity index (χ1n) is 8.10. The van der Waals surface area contributed by atoms with E-state index in [1.807, 2.05) is 17.5 Å². The van der Waals surface area contributed by atoms with Crippen LogP contribution in [0.1, 0.15) is 40.1 Å². The summed E-state index contributed by atoms with van der Waals surface area (Å²) in [5, 5.41) is 1.95. The second kappa shape index (κ2) is 8.58. The van der Waals surface area contributed by atoms with Gasteiger partial charge in [0.25, 0.3) is 0 Å². The zero-order valence-electron chi connectivity index (χ0n) is 14.1. The quantitative estimate of drug-likeness (QED) is 0.652. The second-order valence-corrected chi connectivity index (χ2v) is 6.91. The molecule has 0 fully saturated rings. The molecule has 3 nitrogen and oxygen atoms in total. The monoisotopic (exact) mass is 406 g/mol. The lowest BCUT2D eigenvalue weighted by Crippen LogP contribution is -2.37. The van der Waals surface area contributed by atoms with E-state index in [1.165, 1.54) is 22.5 Å². The Balaban J connectivity index is 0.00000208. The van der Waals surface area contributed by atoms with Gasteiger partial charge < -0.3 is 4.90 Å². The van der Waals surface area contributed by atoms with Crippen molar-refractivity contribution in [2.24, 2.45) is 4.99 Å². The SMILES string of the molecule is Br.Cc1cccc(N(CC(=O)c2cccs2)C2=NCCCC2)c1C. The van der Waals surface area contributed by atoms with Crippen molar-refractivity contribution in [3.05, 3.63) is 51.7 Å². The van der Waals surface area contributed by atoms with E-state index in [-0.39, 0.29) is 22.8 Å². The predicted octanol–water partition coefficient (Wildman–Crippen LogP) is 5.21. The number of anilines is 1. The number of aryl methyl sites for hydroxylation is 1. The summed E-state index contributed by atoms with van der Waals surface area (Å²) in [5.74, 6) is 1.21. The van der Waals surface area contributed by atoms with Gasteiger partial charge in [0.05, 0.1) is 11.4 Å². The van der Waals surface area contributed by atoms with Crippen molar-refractivity contribution in [2.75, 3.05) is 18.0 Å². The number of carbonyl (C=O) groups is 1. The lowest BCUT2D eigenvalue weighted by molar-refractivity contribution is 0.101. The Morgan fingerprint density at radius 3 is 2.71 bits per heavy atom. The van der Waals surface area contributed by atoms with Crippen molar-refractivity contribution >= 4 is 45.6 Å². The molecule has 3 rings (SSSR count). The topological polar surface area (TPSA) is 32.7 Å². The van der Waals surface area contributed by atoms with Crippen molar-refractivity contribution in [3.63, 3.8) is 0 Å². The van der Waals surface area contributed by atoms with Gasteiger partial charge in [0.15, 0.2) is 5.78 Å². The number of amidine groups is 1. The van der Waals surface area contributed by atoms with Crippen LogP contribution in [0.25, 0.3) is 0 Å². The minimum atomic E-state index is 0. The Morgan fingerprint density at radius 1 is 1.21 bits per heavy atom. The average molecular weight is 407 g/mol. The number of Topliss-reactive ketones (excluding diaryl/α,β-unsaturated/α-hetero) is 1. The maximum atomic E-state index is 12.6. The number of nitrogens with zero attached hydrogens (tertiary/aromatic N) is 2. The van der Waals surface area contributed by atoms with E-state index >= 15 is 0 Å². The first kappa shape index (κ1) is 18.9. The average Bonchev–Trinajstić information content (AvgIpc) is 3.11. The highest BCUT2D eigenvalue weighted by atomic mass is 79.9. The van der Waals surface area contributed by atoms with Crippen molar-refractivity contribution in [1.29, 1.82) is 0 Å². The predicted molar refractivity (Wildman–Crippen MR) is 108 cm³/mol. The van der Waals surface area contributed by atoms with Crippen LogP contribution in [-0.4, -0.2) is 24.7 Å². The molecular formula is C19H23BrN2OS. The van der Waals surface area contributed by atoms with E-state index in [2.05, 4.69) is 36.9 Å². The van der Waals surface area contributed by atoms with Gasteiger partial charge in [-0.05, 0) is 55.3 Å². The molecule has 0 unspecified atom stereocenters. The van der Waals surface area contributed by atoms with Gasteiger partial charge in [-0.3, -0.25) is 9.79 Å². The van der Waals surface area contributed by atoms with Gasteiger partial charge in [-0.25, -0.2) is 0 Å². The molecule has 2 heterocycles. The summed E-state index contributed by atoms with van der Waals surface area (Å²) in [5.41, 5.74) is 3.57. The van der Waals surface area contributed by atoms with E-state index in [0.29, 0.717) is 6.54 Å². The maximum Gasteiger partial charge on any atom is 0.192 e. The zero-order chi connectivity index (χ0) is 16.2. The van der Waals surface area contributed by atoms with Crippen LogP contribution < -0.4 is 4.90 Å². The number of thiophene rings is 1. The van der Waals surface area contributed by atoms with Gasteiger partial charge in [0, 0.05) is 18.7 Å². The molecule has 0 amide bonds. The lowest BCUT2D eigenvalue weighted by atomic mass is 10.1. The van der Waals surface area contributed by atoms with Crippen LogP contribution >= 0.6 is 28.3 Å². The van der Waals surface area contributed by atoms with Gasteiger partial charge in [0.1, 0.15) is 5.84 Å². The summed E-state index contributed by atoms with van der Waals surface area (Å²) in [6.07, 6.45) is 3.24. The first-order valence-corrected chi connectivity index (χ1v) is 8.98. The van der Waals surface area contributed by atoms with E-state index in [9.17, 15) is 4.79 Å². The molecular weight excluding hydrogens is 384 g/mol. The molecule has 128 valence electrons. The molecule has 0 atom stereocenters. The van der Waals surface area contributed by atoms with Gasteiger partial charge >= 0.3 is 0 Å². The zero-order valence-corrected chi connectivity index (χ0v) is 16.6. The number of ketones is 1. The number of halogens is 1. The van der Waals surface area contributed by atoms with Crippen molar-refractivity contribution < 1.29 is 4.79 Å². The van der Waals surface area contributed by atoms with E-state index < -0.39 is 0 Å². The van der Waals surface area contributed by atoms with Crippen LogP contribution in [0.15, 0.2) is 40.7 Å². The van der Waals surface area contributed by atoms with Crippen LogP contribution in [0.4, 0.5) is 5.69 Å². The van der Waals surface area contributed by atoms with E-state index in [1.54, 1.807) is 0 Å². The lowest BCUT2D eigenvalue weighted by Gasteiger charge is -2.29. The molecule has 0 bridgehead atoms. The third-order valence-electron chi connectivity index (χ3n) is 4.38. The van der Waals surface area contributed by atoms with Crippen LogP contribution in [0, 0.1) is 13.8 Å². The highest BCUT2D eigenvalue weighted by molar-refractivity contribution is 8.93. The fraction of sp³-hybridized carbons (Fsp3) is 0.368. The molecule has 0 spiro atoms. The summed E-state index contributed by atoms with van der Waals surface area (Å²) in [7, 11) is 0. The standard InChI is InChI=1S/C19H22N2OS.BrH/c1-14-7-5-8-16(15(14)2)21(19-10-3-4-11-20-19)13-17(22)18-9-6-12-23-18;/h5-9,12H,3-4,10-11,13H2,1-2H3;1H. The summed E-state index contributed by atoms with van der Waals surface area (Å²) < 4.78 is 0. The Hall–Kier alpha value is -1.46. The Labute approximate surface area is 158 Å². The highest BCUT2D eigenvalue weighted by Crippen LogP contribution is 2.26. The minimum Gasteiger partial charge on any atom is -0.322 e. The Kier molecular flexibility index (Phi) is 6.75. The third kappa shape index (κ3) is 4.14. The fourth-order valence-corrected chi connectivity index (χ4v) is 3.56. The molecule has 1 aromatic carbocycles. The van der Waals surface area contributed by atoms with Crippen LogP contribution in [-0.2, 0) is 0 Å². The highest BCUT2D eigenvalue weighted by Gasteiger charge is 2.21. The number of hydrogen-bond acceptors (Lipinski definition) is 4. The normalized spacial score (nSPS) is 13.8. The largest absolute Gasteiger partial charge is 0.322 e. The molecule has 0 saturated heterocycles. The second-order valence-electron chi connectivity index (χ2n) is 5.96. The number of benzene rings is 1. The summed E-state index contributed by atoms with van der Waals surface area (Å²) >= 11 is 1.51. The number of aliphatic imine (C=N–C) groups is 1. The van der Waals surface area contributed by atoms with Crippen LogP contribution in [0.2, 0.25) is 0 Å². The van der Waals surface area contributed by atoms with Gasteiger partial charge in [-0.15, -0.1) is 28.3 Å². The number of hydrogen-bond donors (Lipinski definition) is 0. The first-order chi connectivity index (χ1) is 11.2. The smallest absolute Gasteiger partial charge is 0.192 e. The Bertz CT molecular complexity index is 725. The van der Waals surface area contributed by atoms with Crippen molar-refractivity contribution in [1.82, 2.24) is 0 Å². The summed E-state index contributed by atoms with van der Waals surface area (Å²) in [4.78, 5) is 20.3. The van der Waals surface area contributed by atoms with E-state index in [4.69, 9.17) is 4.99 Å². The molecule has 0 radical (unpaired) electrons. The summed E-state index contributed by atoms with van der Waals surface area (Å²) in [6, 6.07) is 10.1. The molecule has 0 aliphatic carbocycles. The fourth-order valence-electron chi connectivity index (χ4n) is 2.90. The van der Waals surface area contributed by atoms with Crippen LogP contribution in [0.5, 0.6) is 0 Å². The number of carbonyl (C=O) groups excluding carboxylic acids is 1. The van der Waals surface area contributed by atoms with E-state index in [0.717, 1.165) is 42.2 Å². The molecule has 1 aliphatic rings. The van der Waals surface area contributed by atoms with Gasteiger partial charge in [-0.2, -0.15) is 0 Å². The van der Waals surface area contributed by atoms with Crippen LogP contribution in [0.3, 0.4) is 0 Å².